The van der Waals surface area contributed by atoms with Crippen molar-refractivity contribution in [3.05, 3.63) is 29.8 Å². The maximum Gasteiger partial charge on any atom is 0.408 e. The number of carbonyl (C=O) groups excluding carboxylic acids is 2. The van der Waals surface area contributed by atoms with Crippen LogP contribution in [0, 0.1) is 0 Å². The Bertz CT molecular complexity index is 597. The van der Waals surface area contributed by atoms with Crippen molar-refractivity contribution in [3.8, 4) is 5.75 Å². The summed E-state index contributed by atoms with van der Waals surface area (Å²) < 4.78 is 15.7. The van der Waals surface area contributed by atoms with Crippen molar-refractivity contribution >= 4 is 12.0 Å². The molecule has 8 nitrogen and oxygen atoms in total. The summed E-state index contributed by atoms with van der Waals surface area (Å²) in [6.07, 6.45) is -0.380. The molecular weight excluding hydrogens is 352 g/mol. The second-order valence-corrected chi connectivity index (χ2v) is 6.91. The van der Waals surface area contributed by atoms with Gasteiger partial charge in [-0.3, -0.25) is 9.63 Å². The van der Waals surface area contributed by atoms with Crippen molar-refractivity contribution in [2.45, 2.75) is 38.8 Å². The molecule has 0 bridgehead atoms. The molecule has 1 atom stereocenters. The monoisotopic (exact) mass is 382 g/mol. The number of amides is 2. The first-order valence-electron chi connectivity index (χ1n) is 8.68. The number of likely N-dealkylation sites (N-methyl/N-ethyl adjacent to an activating group) is 1. The van der Waals surface area contributed by atoms with E-state index in [1.54, 1.807) is 40.0 Å². The second-order valence-electron chi connectivity index (χ2n) is 6.91. The third kappa shape index (κ3) is 8.74. The quantitative estimate of drug-likeness (QED) is 0.520. The number of ether oxygens (including phenoxy) is 3. The molecule has 1 rings (SSSR count). The summed E-state index contributed by atoms with van der Waals surface area (Å²) in [5.41, 5.74) is 0.194. The zero-order valence-corrected chi connectivity index (χ0v) is 16.9. The fourth-order valence-electron chi connectivity index (χ4n) is 2.16. The highest BCUT2D eigenvalue weighted by Crippen LogP contribution is 2.15. The molecule has 0 fully saturated rings. The molecule has 0 heterocycles. The zero-order chi connectivity index (χ0) is 20.4. The van der Waals surface area contributed by atoms with Crippen LogP contribution in [0.4, 0.5) is 4.79 Å². The Morgan fingerprint density at radius 3 is 2.26 bits per heavy atom. The molecule has 1 aromatic carbocycles. The Morgan fingerprint density at radius 2 is 1.74 bits per heavy atom. The first-order chi connectivity index (χ1) is 12.7. The van der Waals surface area contributed by atoms with Crippen molar-refractivity contribution < 1.29 is 28.6 Å². The molecule has 0 aliphatic heterocycles. The predicted molar refractivity (Wildman–Crippen MR) is 100 cm³/mol. The molecule has 152 valence electrons. The van der Waals surface area contributed by atoms with Crippen molar-refractivity contribution in [2.24, 2.45) is 0 Å². The molecule has 0 unspecified atom stereocenters. The van der Waals surface area contributed by atoms with Gasteiger partial charge in [-0.1, -0.05) is 12.1 Å². The van der Waals surface area contributed by atoms with Crippen LogP contribution in [-0.2, 0) is 25.5 Å². The van der Waals surface area contributed by atoms with Crippen LogP contribution in [0.3, 0.4) is 0 Å². The number of hydrogen-bond donors (Lipinski definition) is 1. The summed E-state index contributed by atoms with van der Waals surface area (Å²) in [7, 11) is 4.48. The normalized spacial score (nSPS) is 12.2. The van der Waals surface area contributed by atoms with Crippen LogP contribution < -0.4 is 10.1 Å². The second kappa shape index (κ2) is 10.7. The molecule has 0 saturated heterocycles. The highest BCUT2D eigenvalue weighted by molar-refractivity contribution is 5.85. The molecule has 0 saturated carbocycles. The largest absolute Gasteiger partial charge is 0.491 e. The number of rotatable bonds is 9. The average molecular weight is 382 g/mol. The first-order valence-corrected chi connectivity index (χ1v) is 8.68. The summed E-state index contributed by atoms with van der Waals surface area (Å²) in [6, 6.07) is 6.46. The fourth-order valence-corrected chi connectivity index (χ4v) is 2.16. The highest BCUT2D eigenvalue weighted by Gasteiger charge is 2.27. The Morgan fingerprint density at radius 1 is 1.11 bits per heavy atom. The van der Waals surface area contributed by atoms with Gasteiger partial charge in [0.1, 0.15) is 24.0 Å². The van der Waals surface area contributed by atoms with Crippen LogP contribution >= 0.6 is 0 Å². The predicted octanol–water partition coefficient (Wildman–Crippen LogP) is 2.17. The van der Waals surface area contributed by atoms with E-state index in [-0.39, 0.29) is 12.3 Å². The minimum Gasteiger partial charge on any atom is -0.491 e. The van der Waals surface area contributed by atoms with Gasteiger partial charge in [-0.05, 0) is 38.5 Å². The number of nitrogens with one attached hydrogen (secondary N) is 1. The number of benzene rings is 1. The lowest BCUT2D eigenvalue weighted by atomic mass is 10.1. The van der Waals surface area contributed by atoms with Crippen molar-refractivity contribution in [1.29, 1.82) is 0 Å². The summed E-state index contributed by atoms with van der Waals surface area (Å²) >= 11 is 0. The third-order valence-corrected chi connectivity index (χ3v) is 3.49. The van der Waals surface area contributed by atoms with E-state index in [0.29, 0.717) is 19.0 Å². The molecule has 2 amide bonds. The summed E-state index contributed by atoms with van der Waals surface area (Å²) in [6.45, 7) is 6.23. The van der Waals surface area contributed by atoms with Gasteiger partial charge in [0.05, 0.1) is 13.7 Å². The summed E-state index contributed by atoms with van der Waals surface area (Å²) in [5, 5.41) is 3.69. The van der Waals surface area contributed by atoms with Crippen LogP contribution in [-0.4, -0.2) is 63.2 Å². The van der Waals surface area contributed by atoms with E-state index in [9.17, 15) is 9.59 Å². The minimum absolute atomic E-state index is 0.282. The average Bonchev–Trinajstić information content (AvgIpc) is 2.60. The number of methoxy groups -OCH3 is 1. The lowest BCUT2D eigenvalue weighted by Crippen LogP contribution is -2.49. The molecule has 8 heteroatoms. The first kappa shape index (κ1) is 22.7. The number of hydrogen-bond acceptors (Lipinski definition) is 6. The summed E-state index contributed by atoms with van der Waals surface area (Å²) in [5.74, 6) is 0.316. The molecule has 0 aliphatic carbocycles. The van der Waals surface area contributed by atoms with Crippen LogP contribution in [0.25, 0.3) is 0 Å². The van der Waals surface area contributed by atoms with Gasteiger partial charge in [-0.15, -0.1) is 0 Å². The van der Waals surface area contributed by atoms with Crippen molar-refractivity contribution in [3.63, 3.8) is 0 Å². The van der Waals surface area contributed by atoms with Crippen LogP contribution in [0.1, 0.15) is 26.3 Å². The number of alkyl carbamates (subject to hydrolysis) is 1. The fraction of sp³-hybridized carbons (Fsp3) is 0.579. The van der Waals surface area contributed by atoms with E-state index in [2.05, 4.69) is 5.32 Å². The van der Waals surface area contributed by atoms with Crippen LogP contribution in [0.2, 0.25) is 0 Å². The Labute approximate surface area is 160 Å². The minimum atomic E-state index is -0.829. The smallest absolute Gasteiger partial charge is 0.408 e. The van der Waals surface area contributed by atoms with E-state index < -0.39 is 17.7 Å². The molecule has 27 heavy (non-hydrogen) atoms. The zero-order valence-electron chi connectivity index (χ0n) is 16.9. The van der Waals surface area contributed by atoms with Crippen LogP contribution in [0.15, 0.2) is 24.3 Å². The molecule has 0 spiro atoms. The van der Waals surface area contributed by atoms with E-state index in [4.69, 9.17) is 19.0 Å². The van der Waals surface area contributed by atoms with Crippen molar-refractivity contribution in [2.75, 3.05) is 34.5 Å². The third-order valence-electron chi connectivity index (χ3n) is 3.49. The SMILES string of the molecule is COCCOc1ccc(C[C@H](NC(=O)OC(C)(C)C)C(=O)N(C)OC)cc1. The number of hydroxylamine groups is 2. The number of nitrogens with zero attached hydrogens (tertiary/aromatic N) is 1. The van der Waals surface area contributed by atoms with E-state index in [1.807, 2.05) is 12.1 Å². The Hall–Kier alpha value is -2.32. The van der Waals surface area contributed by atoms with E-state index >= 15 is 0 Å². The maximum atomic E-state index is 12.5. The van der Waals surface area contributed by atoms with Gasteiger partial charge < -0.3 is 19.5 Å². The van der Waals surface area contributed by atoms with Crippen molar-refractivity contribution in [1.82, 2.24) is 10.4 Å². The van der Waals surface area contributed by atoms with Gasteiger partial charge in [0.2, 0.25) is 0 Å². The molecule has 0 radical (unpaired) electrons. The summed E-state index contributed by atoms with van der Waals surface area (Å²) in [4.78, 5) is 29.6. The molecule has 0 aromatic heterocycles. The van der Waals surface area contributed by atoms with Gasteiger partial charge >= 0.3 is 6.09 Å². The molecular formula is C19H30N2O6. The van der Waals surface area contributed by atoms with Gasteiger partial charge in [-0.25, -0.2) is 9.86 Å². The Balaban J connectivity index is 2.81. The molecule has 1 N–H and O–H groups in total. The van der Waals surface area contributed by atoms with E-state index in [0.717, 1.165) is 10.6 Å². The lowest BCUT2D eigenvalue weighted by molar-refractivity contribution is -0.171. The van der Waals surface area contributed by atoms with Gasteiger partial charge in [-0.2, -0.15) is 0 Å². The van der Waals surface area contributed by atoms with Gasteiger partial charge in [0.25, 0.3) is 5.91 Å². The van der Waals surface area contributed by atoms with Crippen LogP contribution in [0.5, 0.6) is 5.75 Å². The number of carbonyl (C=O) groups is 2. The lowest BCUT2D eigenvalue weighted by Gasteiger charge is -2.25. The molecule has 0 aliphatic rings. The standard InChI is InChI=1S/C19H30N2O6/c1-19(2,3)27-18(23)20-16(17(22)21(4)25-6)13-14-7-9-15(10-8-14)26-12-11-24-5/h7-10,16H,11-13H2,1-6H3,(H,20,23)/t16-/m0/s1. The topological polar surface area (TPSA) is 86.3 Å². The van der Waals surface area contributed by atoms with Gasteiger partial charge in [0.15, 0.2) is 0 Å². The van der Waals surface area contributed by atoms with E-state index in [1.165, 1.54) is 14.2 Å². The molecule has 1 aromatic rings. The maximum absolute atomic E-state index is 12.5. The van der Waals surface area contributed by atoms with Gasteiger partial charge in [0, 0.05) is 20.6 Å². The Kier molecular flexibility index (Phi) is 9.04. The highest BCUT2D eigenvalue weighted by atomic mass is 16.7.